The Morgan fingerprint density at radius 3 is 1.88 bits per heavy atom. The Bertz CT molecular complexity index is 955. The van der Waals surface area contributed by atoms with Crippen LogP contribution in [0.1, 0.15) is 85.1 Å². The van der Waals surface area contributed by atoms with Gasteiger partial charge < -0.3 is 5.11 Å². The van der Waals surface area contributed by atoms with Gasteiger partial charge in [-0.3, -0.25) is 14.4 Å². The van der Waals surface area contributed by atoms with Gasteiger partial charge in [0.15, 0.2) is 17.3 Å². The molecule has 1 aliphatic rings. The van der Waals surface area contributed by atoms with E-state index in [1.807, 2.05) is 71.0 Å². The molecule has 4 nitrogen and oxygen atoms in total. The lowest BCUT2D eigenvalue weighted by atomic mass is 9.53. The van der Waals surface area contributed by atoms with Crippen LogP contribution in [0.2, 0.25) is 0 Å². The zero-order valence-corrected chi connectivity index (χ0v) is 20.7. The molecule has 1 N–H and O–H groups in total. The zero-order chi connectivity index (χ0) is 24.6. The fraction of sp³-hybridized carbons (Fsp3) is 0.483. The van der Waals surface area contributed by atoms with Gasteiger partial charge in [-0.15, -0.1) is 0 Å². The first-order valence-electron chi connectivity index (χ1n) is 12.1. The number of benzene rings is 1. The average Bonchev–Trinajstić information content (AvgIpc) is 2.79. The lowest BCUT2D eigenvalue weighted by Crippen LogP contribution is -2.59. The van der Waals surface area contributed by atoms with Crippen molar-refractivity contribution in [2.75, 3.05) is 0 Å². The molecule has 0 amide bonds. The van der Waals surface area contributed by atoms with E-state index in [1.165, 1.54) is 6.08 Å². The van der Waals surface area contributed by atoms with Crippen LogP contribution in [-0.4, -0.2) is 22.5 Å². The van der Waals surface area contributed by atoms with Gasteiger partial charge >= 0.3 is 0 Å². The maximum absolute atomic E-state index is 14.1. The third kappa shape index (κ3) is 5.26. The van der Waals surface area contributed by atoms with Gasteiger partial charge in [0.25, 0.3) is 0 Å². The van der Waals surface area contributed by atoms with Crippen LogP contribution in [0.4, 0.5) is 0 Å². The van der Waals surface area contributed by atoms with Crippen molar-refractivity contribution < 1.29 is 19.5 Å². The molecule has 0 aromatic heterocycles. The summed E-state index contributed by atoms with van der Waals surface area (Å²) < 4.78 is 0. The molecule has 0 radical (unpaired) electrons. The first-order chi connectivity index (χ1) is 15.7. The molecule has 1 saturated carbocycles. The minimum atomic E-state index is -1.33. The number of allylic oxidation sites excluding steroid dienone is 4. The summed E-state index contributed by atoms with van der Waals surface area (Å²) >= 11 is 0. The van der Waals surface area contributed by atoms with E-state index in [2.05, 4.69) is 0 Å². The third-order valence-electron chi connectivity index (χ3n) is 6.57. The minimum Gasteiger partial charge on any atom is -0.507 e. The summed E-state index contributed by atoms with van der Waals surface area (Å²) in [6.07, 6.45) is 8.29. The maximum atomic E-state index is 14.1. The van der Waals surface area contributed by atoms with Crippen molar-refractivity contribution in [3.8, 4) is 0 Å². The highest BCUT2D eigenvalue weighted by molar-refractivity contribution is 6.39. The van der Waals surface area contributed by atoms with Gasteiger partial charge in [0.05, 0.1) is 10.8 Å². The van der Waals surface area contributed by atoms with Gasteiger partial charge in [-0.2, -0.15) is 0 Å². The Morgan fingerprint density at radius 2 is 1.36 bits per heavy atom. The van der Waals surface area contributed by atoms with Crippen LogP contribution in [0.5, 0.6) is 0 Å². The van der Waals surface area contributed by atoms with Gasteiger partial charge in [0.2, 0.25) is 0 Å². The molecule has 2 rings (SSSR count). The molecule has 1 atom stereocenters. The van der Waals surface area contributed by atoms with Crippen LogP contribution in [0, 0.1) is 10.8 Å². The van der Waals surface area contributed by atoms with Crippen molar-refractivity contribution in [2.45, 2.75) is 79.6 Å². The number of carbonyl (C=O) groups excluding carboxylic acids is 3. The van der Waals surface area contributed by atoms with Crippen LogP contribution < -0.4 is 0 Å². The predicted molar refractivity (Wildman–Crippen MR) is 134 cm³/mol. The highest BCUT2D eigenvalue weighted by atomic mass is 16.3. The Morgan fingerprint density at radius 1 is 0.848 bits per heavy atom. The second-order valence-corrected chi connectivity index (χ2v) is 9.39. The van der Waals surface area contributed by atoms with Gasteiger partial charge in [0.1, 0.15) is 11.3 Å². The van der Waals surface area contributed by atoms with Crippen molar-refractivity contribution in [2.24, 2.45) is 10.8 Å². The van der Waals surface area contributed by atoms with Gasteiger partial charge in [0, 0.05) is 0 Å². The van der Waals surface area contributed by atoms with E-state index >= 15 is 0 Å². The molecule has 0 heterocycles. The molecular weight excluding hydrogens is 412 g/mol. The molecular formula is C29H38O4. The van der Waals surface area contributed by atoms with Crippen LogP contribution in [0.25, 0.3) is 6.08 Å². The van der Waals surface area contributed by atoms with Crippen molar-refractivity contribution in [1.82, 2.24) is 0 Å². The predicted octanol–water partition coefficient (Wildman–Crippen LogP) is 6.96. The molecule has 178 valence electrons. The van der Waals surface area contributed by atoms with E-state index in [-0.39, 0.29) is 23.5 Å². The van der Waals surface area contributed by atoms with E-state index in [0.717, 1.165) is 11.1 Å². The molecule has 1 aliphatic carbocycles. The molecule has 0 saturated heterocycles. The summed E-state index contributed by atoms with van der Waals surface area (Å²) in [4.78, 5) is 41.8. The number of hydrogen-bond donors (Lipinski definition) is 1. The minimum absolute atomic E-state index is 0.209. The van der Waals surface area contributed by atoms with Crippen LogP contribution in [-0.2, 0) is 14.4 Å². The standard InChI is InChI=1S/C29H38O4/c1-6-17-28(18-7-2)25(31)24(23(30)15-14-22-12-10-9-11-13-22)26(32)29(19-8-3,27(28)33)20-16-21(4)5/h9-16,30H,6-8,17-20H2,1-5H3/b15-14+,24-23-. The number of aliphatic hydroxyl groups excluding tert-OH is 1. The Labute approximate surface area is 198 Å². The second-order valence-electron chi connectivity index (χ2n) is 9.39. The number of rotatable bonds is 10. The number of Topliss-reactive ketones (excluding diaryl/α,β-unsaturated/α-hetero) is 3. The summed E-state index contributed by atoms with van der Waals surface area (Å²) in [7, 11) is 0. The Hall–Kier alpha value is -2.75. The normalized spacial score (nSPS) is 22.0. The Balaban J connectivity index is 2.78. The largest absolute Gasteiger partial charge is 0.507 e. The summed E-state index contributed by atoms with van der Waals surface area (Å²) in [6, 6.07) is 9.38. The number of hydrogen-bond acceptors (Lipinski definition) is 4. The highest BCUT2D eigenvalue weighted by Gasteiger charge is 2.62. The van der Waals surface area contributed by atoms with E-state index in [9.17, 15) is 19.5 Å². The lowest BCUT2D eigenvalue weighted by molar-refractivity contribution is -0.156. The number of carbonyl (C=O) groups is 3. The lowest BCUT2D eigenvalue weighted by Gasteiger charge is -2.45. The Kier molecular flexibility index (Phi) is 9.16. The molecule has 1 fully saturated rings. The van der Waals surface area contributed by atoms with Crippen molar-refractivity contribution >= 4 is 23.4 Å². The van der Waals surface area contributed by atoms with Crippen molar-refractivity contribution in [1.29, 1.82) is 0 Å². The summed E-state index contributed by atoms with van der Waals surface area (Å²) in [5.74, 6) is -1.65. The van der Waals surface area contributed by atoms with E-state index < -0.39 is 22.4 Å². The number of aliphatic hydroxyl groups is 1. The zero-order valence-electron chi connectivity index (χ0n) is 20.7. The molecule has 1 aromatic carbocycles. The van der Waals surface area contributed by atoms with Crippen LogP contribution >= 0.6 is 0 Å². The summed E-state index contributed by atoms with van der Waals surface area (Å²) in [6.45, 7) is 9.71. The van der Waals surface area contributed by atoms with Gasteiger partial charge in [-0.1, -0.05) is 88.1 Å². The highest BCUT2D eigenvalue weighted by Crippen LogP contribution is 2.51. The molecule has 0 bridgehead atoms. The fourth-order valence-electron chi connectivity index (χ4n) is 5.05. The van der Waals surface area contributed by atoms with E-state index in [1.54, 1.807) is 6.08 Å². The fourth-order valence-corrected chi connectivity index (χ4v) is 5.05. The molecule has 0 aliphatic heterocycles. The third-order valence-corrected chi connectivity index (χ3v) is 6.57. The first kappa shape index (κ1) is 26.5. The van der Waals surface area contributed by atoms with Crippen LogP contribution in [0.15, 0.2) is 59.4 Å². The van der Waals surface area contributed by atoms with Crippen molar-refractivity contribution in [3.63, 3.8) is 0 Å². The van der Waals surface area contributed by atoms with E-state index in [0.29, 0.717) is 38.5 Å². The van der Waals surface area contributed by atoms with Crippen LogP contribution in [0.3, 0.4) is 0 Å². The smallest absolute Gasteiger partial charge is 0.184 e. The molecule has 0 spiro atoms. The molecule has 33 heavy (non-hydrogen) atoms. The maximum Gasteiger partial charge on any atom is 0.184 e. The van der Waals surface area contributed by atoms with Gasteiger partial charge in [-0.05, 0) is 51.2 Å². The monoisotopic (exact) mass is 450 g/mol. The topological polar surface area (TPSA) is 71.4 Å². The SMILES string of the molecule is CCCC1(CC=C(C)C)C(=O)/C(=C(O)/C=C/c2ccccc2)C(=O)C(CCC)(CCC)C1=O. The first-order valence-corrected chi connectivity index (χ1v) is 12.1. The summed E-state index contributed by atoms with van der Waals surface area (Å²) in [5.41, 5.74) is -0.952. The molecule has 1 unspecified atom stereocenters. The second kappa shape index (κ2) is 11.4. The van der Waals surface area contributed by atoms with Crippen molar-refractivity contribution in [3.05, 3.63) is 65.0 Å². The molecule has 1 aromatic rings. The number of ketones is 3. The molecule has 4 heteroatoms. The van der Waals surface area contributed by atoms with E-state index in [4.69, 9.17) is 0 Å². The average molecular weight is 451 g/mol. The van der Waals surface area contributed by atoms with Gasteiger partial charge in [-0.25, -0.2) is 0 Å². The summed E-state index contributed by atoms with van der Waals surface area (Å²) in [5, 5.41) is 11.0. The quantitative estimate of drug-likeness (QED) is 0.137.